The summed E-state index contributed by atoms with van der Waals surface area (Å²) in [5.41, 5.74) is 7.23. The summed E-state index contributed by atoms with van der Waals surface area (Å²) in [6, 6.07) is 19.3. The van der Waals surface area contributed by atoms with Gasteiger partial charge in [-0.25, -0.2) is 4.68 Å². The van der Waals surface area contributed by atoms with E-state index in [1.165, 1.54) is 6.33 Å². The number of hydrogen-bond donors (Lipinski definition) is 2. The minimum Gasteiger partial charge on any atom is -0.489 e. The van der Waals surface area contributed by atoms with Crippen LogP contribution < -0.4 is 15.4 Å². The van der Waals surface area contributed by atoms with Crippen molar-refractivity contribution in [1.29, 1.82) is 0 Å². The summed E-state index contributed by atoms with van der Waals surface area (Å²) in [5, 5.41) is 10.8. The molecule has 1 amide bonds. The van der Waals surface area contributed by atoms with Gasteiger partial charge in [0.25, 0.3) is 5.91 Å². The number of anilines is 2. The highest BCUT2D eigenvalue weighted by Gasteiger charge is 2.35. The largest absolute Gasteiger partial charge is 0.489 e. The van der Waals surface area contributed by atoms with Crippen molar-refractivity contribution in [3.63, 3.8) is 0 Å². The highest BCUT2D eigenvalue weighted by Crippen LogP contribution is 2.40. The molecule has 1 aliphatic heterocycles. The Labute approximate surface area is 224 Å². The van der Waals surface area contributed by atoms with Crippen molar-refractivity contribution in [2.45, 2.75) is 40.3 Å². The molecule has 0 radical (unpaired) electrons. The van der Waals surface area contributed by atoms with Gasteiger partial charge in [0.1, 0.15) is 24.7 Å². The van der Waals surface area contributed by atoms with Crippen molar-refractivity contribution in [2.24, 2.45) is 0 Å². The maximum atomic E-state index is 13.9. The van der Waals surface area contributed by atoms with Crippen molar-refractivity contribution in [2.75, 3.05) is 10.6 Å². The zero-order valence-corrected chi connectivity index (χ0v) is 22.8. The van der Waals surface area contributed by atoms with Gasteiger partial charge in [-0.1, -0.05) is 52.3 Å². The molecule has 0 aliphatic carbocycles. The van der Waals surface area contributed by atoms with Crippen LogP contribution in [-0.2, 0) is 11.4 Å². The molecular weight excluding hydrogens is 530 g/mol. The SMILES string of the molecule is CC1=C(C(=O)Nc2cccc(C)c2C)C(c2cc(Br)ccc2OCc2ccccc2C)n2ncnc2N1. The number of fused-ring (bicyclic) bond motifs is 1. The first-order valence-electron chi connectivity index (χ1n) is 12.0. The first-order valence-corrected chi connectivity index (χ1v) is 12.8. The Bertz CT molecular complexity index is 1520. The lowest BCUT2D eigenvalue weighted by molar-refractivity contribution is -0.113. The van der Waals surface area contributed by atoms with Gasteiger partial charge in [-0.3, -0.25) is 4.79 Å². The van der Waals surface area contributed by atoms with Gasteiger partial charge in [-0.05, 0) is 74.2 Å². The second-order valence-electron chi connectivity index (χ2n) is 9.19. The number of nitrogens with zero attached hydrogens (tertiary/aromatic N) is 3. The van der Waals surface area contributed by atoms with Crippen LogP contribution in [0.3, 0.4) is 0 Å². The number of ether oxygens (including phenoxy) is 1. The molecule has 7 nitrogen and oxygen atoms in total. The molecule has 8 heteroatoms. The van der Waals surface area contributed by atoms with Crippen LogP contribution in [0.1, 0.15) is 40.8 Å². The molecule has 1 unspecified atom stereocenters. The van der Waals surface area contributed by atoms with E-state index in [1.54, 1.807) is 4.68 Å². The van der Waals surface area contributed by atoms with Gasteiger partial charge in [0.2, 0.25) is 5.95 Å². The Morgan fingerprint density at radius 1 is 1.05 bits per heavy atom. The smallest absolute Gasteiger partial charge is 0.255 e. The highest BCUT2D eigenvalue weighted by molar-refractivity contribution is 9.10. The number of amides is 1. The van der Waals surface area contributed by atoms with Crippen molar-refractivity contribution >= 4 is 33.5 Å². The summed E-state index contributed by atoms with van der Waals surface area (Å²) >= 11 is 3.61. The highest BCUT2D eigenvalue weighted by atomic mass is 79.9. The zero-order chi connectivity index (χ0) is 26.1. The first kappa shape index (κ1) is 24.8. The van der Waals surface area contributed by atoms with Crippen LogP contribution in [-0.4, -0.2) is 20.7 Å². The third-order valence-corrected chi connectivity index (χ3v) is 7.30. The lowest BCUT2D eigenvalue weighted by Gasteiger charge is -2.30. The Balaban J connectivity index is 1.57. The Kier molecular flexibility index (Phi) is 6.84. The molecule has 2 N–H and O–H groups in total. The van der Waals surface area contributed by atoms with Crippen molar-refractivity contribution < 1.29 is 9.53 Å². The normalized spacial score (nSPS) is 14.7. The molecule has 0 spiro atoms. The van der Waals surface area contributed by atoms with Crippen LogP contribution in [0.5, 0.6) is 5.75 Å². The number of carbonyl (C=O) groups is 1. The number of nitrogens with one attached hydrogen (secondary N) is 2. The molecule has 0 bridgehead atoms. The van der Waals surface area contributed by atoms with E-state index in [1.807, 2.05) is 69.3 Å². The zero-order valence-electron chi connectivity index (χ0n) is 21.2. The minimum absolute atomic E-state index is 0.213. The fraction of sp³-hybridized carbons (Fsp3) is 0.207. The van der Waals surface area contributed by atoms with Crippen LogP contribution in [0, 0.1) is 20.8 Å². The average molecular weight is 558 g/mol. The summed E-state index contributed by atoms with van der Waals surface area (Å²) < 4.78 is 8.97. The van der Waals surface area contributed by atoms with E-state index < -0.39 is 6.04 Å². The number of aryl methyl sites for hydroxylation is 2. The summed E-state index contributed by atoms with van der Waals surface area (Å²) in [4.78, 5) is 18.2. The number of allylic oxidation sites excluding steroid dienone is 1. The van der Waals surface area contributed by atoms with Gasteiger partial charge in [0.15, 0.2) is 0 Å². The molecule has 3 aromatic carbocycles. The molecular formula is C29H28BrN5O2. The van der Waals surface area contributed by atoms with E-state index in [9.17, 15) is 4.79 Å². The van der Waals surface area contributed by atoms with Gasteiger partial charge in [0, 0.05) is 21.4 Å². The van der Waals surface area contributed by atoms with Crippen LogP contribution in [0.25, 0.3) is 0 Å². The maximum absolute atomic E-state index is 13.9. The lowest BCUT2D eigenvalue weighted by atomic mass is 9.94. The number of aromatic nitrogens is 3. The molecule has 0 fully saturated rings. The van der Waals surface area contributed by atoms with Gasteiger partial charge < -0.3 is 15.4 Å². The van der Waals surface area contributed by atoms with Gasteiger partial charge in [-0.15, -0.1) is 0 Å². The average Bonchev–Trinajstić information content (AvgIpc) is 3.34. The quantitative estimate of drug-likeness (QED) is 0.284. The molecule has 1 atom stereocenters. The number of benzene rings is 3. The number of hydrogen-bond acceptors (Lipinski definition) is 5. The first-order chi connectivity index (χ1) is 17.8. The molecule has 0 saturated carbocycles. The lowest BCUT2D eigenvalue weighted by Crippen LogP contribution is -2.32. The number of halogens is 1. The molecule has 188 valence electrons. The third kappa shape index (κ3) is 4.89. The van der Waals surface area contributed by atoms with E-state index in [4.69, 9.17) is 4.74 Å². The minimum atomic E-state index is -0.548. The van der Waals surface area contributed by atoms with Crippen molar-refractivity contribution in [3.8, 4) is 5.75 Å². The van der Waals surface area contributed by atoms with Crippen LogP contribution in [0.15, 0.2) is 82.7 Å². The van der Waals surface area contributed by atoms with Crippen LogP contribution in [0.2, 0.25) is 0 Å². The fourth-order valence-corrected chi connectivity index (χ4v) is 4.92. The van der Waals surface area contributed by atoms with E-state index >= 15 is 0 Å². The summed E-state index contributed by atoms with van der Waals surface area (Å²) in [7, 11) is 0. The van der Waals surface area contributed by atoms with E-state index in [0.29, 0.717) is 29.6 Å². The van der Waals surface area contributed by atoms with Crippen molar-refractivity contribution in [3.05, 3.63) is 111 Å². The topological polar surface area (TPSA) is 81.1 Å². The molecule has 1 aromatic heterocycles. The van der Waals surface area contributed by atoms with Crippen LogP contribution >= 0.6 is 15.9 Å². The molecule has 4 aromatic rings. The summed E-state index contributed by atoms with van der Waals surface area (Å²) in [5.74, 6) is 1.02. The van der Waals surface area contributed by atoms with E-state index in [2.05, 4.69) is 55.7 Å². The predicted octanol–water partition coefficient (Wildman–Crippen LogP) is 6.47. The fourth-order valence-electron chi connectivity index (χ4n) is 4.54. The third-order valence-electron chi connectivity index (χ3n) is 6.80. The second-order valence-corrected chi connectivity index (χ2v) is 10.1. The molecule has 2 heterocycles. The Morgan fingerprint density at radius 2 is 1.84 bits per heavy atom. The second kappa shape index (κ2) is 10.2. The summed E-state index contributed by atoms with van der Waals surface area (Å²) in [6.07, 6.45) is 1.49. The number of rotatable bonds is 6. The molecule has 5 rings (SSSR count). The van der Waals surface area contributed by atoms with Gasteiger partial charge in [0.05, 0.1) is 5.57 Å². The molecule has 37 heavy (non-hydrogen) atoms. The standard InChI is InChI=1S/C29H28BrN5O2/c1-17-9-7-11-24(19(17)3)34-28(36)26-20(4)33-29-31-16-32-35(29)27(26)23-14-22(30)12-13-25(23)37-15-21-10-6-5-8-18(21)2/h5-14,16,27H,15H2,1-4H3,(H,34,36)(H,31,32,33). The molecule has 0 saturated heterocycles. The van der Waals surface area contributed by atoms with Crippen LogP contribution in [0.4, 0.5) is 11.6 Å². The maximum Gasteiger partial charge on any atom is 0.255 e. The Hall–Kier alpha value is -3.91. The van der Waals surface area contributed by atoms with Gasteiger partial charge in [-0.2, -0.15) is 10.1 Å². The van der Waals surface area contributed by atoms with E-state index in [-0.39, 0.29) is 5.91 Å². The van der Waals surface area contributed by atoms with Gasteiger partial charge >= 0.3 is 0 Å². The number of carbonyl (C=O) groups excluding carboxylic acids is 1. The Morgan fingerprint density at radius 3 is 2.65 bits per heavy atom. The summed E-state index contributed by atoms with van der Waals surface area (Å²) in [6.45, 7) is 8.39. The van der Waals surface area contributed by atoms with Crippen molar-refractivity contribution in [1.82, 2.24) is 14.8 Å². The molecule has 1 aliphatic rings. The van der Waals surface area contributed by atoms with E-state index in [0.717, 1.165) is 38.0 Å². The predicted molar refractivity (Wildman–Crippen MR) is 149 cm³/mol. The monoisotopic (exact) mass is 557 g/mol.